The average Bonchev–Trinajstić information content (AvgIpc) is 2.30. The second kappa shape index (κ2) is 4.50. The maximum atomic E-state index is 11.9. The molecule has 6 nitrogen and oxygen atoms in total. The van der Waals surface area contributed by atoms with Crippen LogP contribution >= 0.6 is 0 Å². The van der Waals surface area contributed by atoms with E-state index in [0.29, 0.717) is 25.6 Å². The molecule has 0 saturated carbocycles. The number of hydrogen-bond acceptors (Lipinski definition) is 5. The molecule has 2 rings (SSSR count). The molecule has 0 unspecified atom stereocenters. The van der Waals surface area contributed by atoms with Crippen LogP contribution in [0.3, 0.4) is 0 Å². The molecule has 84 valence electrons. The summed E-state index contributed by atoms with van der Waals surface area (Å²) in [5, 5.41) is 6.63. The van der Waals surface area contributed by atoms with Crippen LogP contribution in [0.1, 0.15) is 0 Å². The van der Waals surface area contributed by atoms with E-state index >= 15 is 0 Å². The van der Waals surface area contributed by atoms with Gasteiger partial charge in [-0.3, -0.25) is 4.79 Å². The van der Waals surface area contributed by atoms with Gasteiger partial charge in [-0.1, -0.05) is 0 Å². The van der Waals surface area contributed by atoms with E-state index < -0.39 is 0 Å². The average molecular weight is 213 g/mol. The van der Waals surface area contributed by atoms with Crippen LogP contribution in [-0.2, 0) is 14.3 Å². The first-order chi connectivity index (χ1) is 7.33. The lowest BCUT2D eigenvalue weighted by molar-refractivity contribution is -0.158. The van der Waals surface area contributed by atoms with Crippen LogP contribution in [-0.4, -0.2) is 56.0 Å². The number of nitrogens with zero attached hydrogens (tertiary/aromatic N) is 2. The molecule has 1 N–H and O–H groups in total. The van der Waals surface area contributed by atoms with Crippen molar-refractivity contribution in [3.63, 3.8) is 0 Å². The first kappa shape index (κ1) is 10.3. The van der Waals surface area contributed by atoms with Gasteiger partial charge in [0.25, 0.3) is 0 Å². The van der Waals surface area contributed by atoms with Crippen molar-refractivity contribution in [2.24, 2.45) is 0 Å². The normalized spacial score (nSPS) is 23.4. The number of morpholine rings is 1. The number of rotatable bonds is 2. The van der Waals surface area contributed by atoms with E-state index in [-0.39, 0.29) is 5.91 Å². The first-order valence-electron chi connectivity index (χ1n) is 4.95. The van der Waals surface area contributed by atoms with Gasteiger partial charge in [0, 0.05) is 19.3 Å². The Morgan fingerprint density at radius 3 is 2.87 bits per heavy atom. The molecule has 0 radical (unpaired) electrons. The van der Waals surface area contributed by atoms with Crippen molar-refractivity contribution in [1.82, 2.24) is 15.3 Å². The minimum absolute atomic E-state index is 0.0989. The molecule has 0 aromatic carbocycles. The van der Waals surface area contributed by atoms with Crippen molar-refractivity contribution >= 4 is 5.91 Å². The highest BCUT2D eigenvalue weighted by molar-refractivity contribution is 5.91. The van der Waals surface area contributed by atoms with Gasteiger partial charge in [0.15, 0.2) is 0 Å². The van der Waals surface area contributed by atoms with Gasteiger partial charge < -0.3 is 14.8 Å². The van der Waals surface area contributed by atoms with Gasteiger partial charge in [-0.05, 0) is 0 Å². The number of hydrogen-bond donors (Lipinski definition) is 1. The standard InChI is InChI=1S/C9H15N3O3/c1-14-8-6-10-7-12(9(8)13)11-2-4-15-5-3-11/h6,10H,2-5,7H2,1H3. The van der Waals surface area contributed by atoms with Crippen LogP contribution in [0.4, 0.5) is 0 Å². The first-order valence-corrected chi connectivity index (χ1v) is 4.95. The lowest BCUT2D eigenvalue weighted by Crippen LogP contribution is -2.56. The van der Waals surface area contributed by atoms with Crippen molar-refractivity contribution in [3.8, 4) is 0 Å². The topological polar surface area (TPSA) is 54.0 Å². The van der Waals surface area contributed by atoms with Crippen LogP contribution in [0.25, 0.3) is 0 Å². The van der Waals surface area contributed by atoms with Gasteiger partial charge in [-0.25, -0.2) is 10.0 Å². The molecule has 1 fully saturated rings. The van der Waals surface area contributed by atoms with Gasteiger partial charge in [0.1, 0.15) is 6.67 Å². The van der Waals surface area contributed by atoms with E-state index in [1.165, 1.54) is 7.11 Å². The Bertz CT molecular complexity index is 274. The maximum Gasteiger partial charge on any atom is 0.306 e. The molecule has 0 bridgehead atoms. The van der Waals surface area contributed by atoms with Crippen molar-refractivity contribution in [2.45, 2.75) is 0 Å². The molecule has 6 heteroatoms. The zero-order chi connectivity index (χ0) is 10.7. The Balaban J connectivity index is 2.03. The zero-order valence-corrected chi connectivity index (χ0v) is 8.73. The Kier molecular flexibility index (Phi) is 3.08. The molecule has 15 heavy (non-hydrogen) atoms. The predicted octanol–water partition coefficient (Wildman–Crippen LogP) is -0.889. The second-order valence-corrected chi connectivity index (χ2v) is 3.35. The number of hydrazine groups is 1. The van der Waals surface area contributed by atoms with E-state index in [9.17, 15) is 4.79 Å². The smallest absolute Gasteiger partial charge is 0.306 e. The molecule has 0 spiro atoms. The minimum Gasteiger partial charge on any atom is -0.490 e. The van der Waals surface area contributed by atoms with E-state index in [2.05, 4.69) is 5.32 Å². The minimum atomic E-state index is -0.0989. The largest absolute Gasteiger partial charge is 0.490 e. The number of ether oxygens (including phenoxy) is 2. The summed E-state index contributed by atoms with van der Waals surface area (Å²) in [6.07, 6.45) is 1.60. The molecule has 0 aliphatic carbocycles. The summed E-state index contributed by atoms with van der Waals surface area (Å²) in [5.74, 6) is 0.242. The molecule has 2 aliphatic rings. The molecule has 2 heterocycles. The third-order valence-corrected chi connectivity index (χ3v) is 2.47. The zero-order valence-electron chi connectivity index (χ0n) is 8.73. The molecular weight excluding hydrogens is 198 g/mol. The maximum absolute atomic E-state index is 11.9. The van der Waals surface area contributed by atoms with Gasteiger partial charge >= 0.3 is 5.91 Å². The van der Waals surface area contributed by atoms with Gasteiger partial charge in [0.05, 0.1) is 20.3 Å². The number of amides is 1. The van der Waals surface area contributed by atoms with Crippen molar-refractivity contribution in [2.75, 3.05) is 40.1 Å². The van der Waals surface area contributed by atoms with Gasteiger partial charge in [-0.2, -0.15) is 0 Å². The van der Waals surface area contributed by atoms with Gasteiger partial charge in [-0.15, -0.1) is 0 Å². The number of carbonyl (C=O) groups is 1. The summed E-state index contributed by atoms with van der Waals surface area (Å²) >= 11 is 0. The van der Waals surface area contributed by atoms with E-state index in [1.54, 1.807) is 11.2 Å². The fraction of sp³-hybridized carbons (Fsp3) is 0.667. The second-order valence-electron chi connectivity index (χ2n) is 3.35. The highest BCUT2D eigenvalue weighted by Gasteiger charge is 2.28. The van der Waals surface area contributed by atoms with Crippen LogP contribution in [0.15, 0.2) is 12.0 Å². The van der Waals surface area contributed by atoms with E-state index in [0.717, 1.165) is 13.1 Å². The Morgan fingerprint density at radius 1 is 1.47 bits per heavy atom. The number of methoxy groups -OCH3 is 1. The van der Waals surface area contributed by atoms with Crippen LogP contribution in [0, 0.1) is 0 Å². The van der Waals surface area contributed by atoms with Crippen LogP contribution < -0.4 is 5.32 Å². The summed E-state index contributed by atoms with van der Waals surface area (Å²) in [4.78, 5) is 11.9. The van der Waals surface area contributed by atoms with E-state index in [1.807, 2.05) is 5.01 Å². The van der Waals surface area contributed by atoms with Crippen LogP contribution in [0.5, 0.6) is 0 Å². The number of carbonyl (C=O) groups excluding carboxylic acids is 1. The van der Waals surface area contributed by atoms with Crippen molar-refractivity contribution in [1.29, 1.82) is 0 Å². The highest BCUT2D eigenvalue weighted by atomic mass is 16.5. The van der Waals surface area contributed by atoms with Crippen molar-refractivity contribution < 1.29 is 14.3 Å². The Labute approximate surface area is 88.4 Å². The fourth-order valence-electron chi connectivity index (χ4n) is 1.66. The summed E-state index contributed by atoms with van der Waals surface area (Å²) in [7, 11) is 1.49. The summed E-state index contributed by atoms with van der Waals surface area (Å²) in [6, 6.07) is 0. The molecule has 0 aromatic rings. The molecule has 2 aliphatic heterocycles. The third kappa shape index (κ3) is 2.05. The number of nitrogens with one attached hydrogen (secondary N) is 1. The summed E-state index contributed by atoms with van der Waals surface area (Å²) in [5.41, 5.74) is 0. The highest BCUT2D eigenvalue weighted by Crippen LogP contribution is 2.10. The monoisotopic (exact) mass is 213 g/mol. The third-order valence-electron chi connectivity index (χ3n) is 2.47. The fourth-order valence-corrected chi connectivity index (χ4v) is 1.66. The summed E-state index contributed by atoms with van der Waals surface area (Å²) in [6.45, 7) is 3.30. The molecular formula is C9H15N3O3. The molecule has 1 amide bonds. The summed E-state index contributed by atoms with van der Waals surface area (Å²) < 4.78 is 10.2. The lowest BCUT2D eigenvalue weighted by Gasteiger charge is -2.38. The lowest BCUT2D eigenvalue weighted by atomic mass is 10.4. The molecule has 1 saturated heterocycles. The van der Waals surface area contributed by atoms with Crippen molar-refractivity contribution in [3.05, 3.63) is 12.0 Å². The van der Waals surface area contributed by atoms with Crippen LogP contribution in [0.2, 0.25) is 0 Å². The van der Waals surface area contributed by atoms with Gasteiger partial charge in [0.2, 0.25) is 5.76 Å². The predicted molar refractivity (Wildman–Crippen MR) is 52.3 cm³/mol. The Hall–Kier alpha value is -1.27. The SMILES string of the molecule is COC1=CNCN(N2CCOCC2)C1=O. The molecule has 0 aromatic heterocycles. The quantitative estimate of drug-likeness (QED) is 0.645. The Morgan fingerprint density at radius 2 is 2.20 bits per heavy atom. The van der Waals surface area contributed by atoms with E-state index in [4.69, 9.17) is 9.47 Å². The molecule has 0 atom stereocenters.